The van der Waals surface area contributed by atoms with Crippen LogP contribution < -0.4 is 9.84 Å². The van der Waals surface area contributed by atoms with Crippen molar-refractivity contribution >= 4 is 27.3 Å². The van der Waals surface area contributed by atoms with E-state index in [9.17, 15) is 9.90 Å². The zero-order valence-electron chi connectivity index (χ0n) is 16.1. The lowest BCUT2D eigenvalue weighted by molar-refractivity contribution is -0.370. The smallest absolute Gasteiger partial charge is 0.159 e. The van der Waals surface area contributed by atoms with Crippen molar-refractivity contribution in [2.24, 2.45) is 0 Å². The van der Waals surface area contributed by atoms with Crippen LogP contribution in [-0.4, -0.2) is 19.0 Å². The summed E-state index contributed by atoms with van der Waals surface area (Å²) >= 11 is 0. The largest absolute Gasteiger partial charge is 0.852 e. The fourth-order valence-electron chi connectivity index (χ4n) is 3.24. The fourth-order valence-corrected chi connectivity index (χ4v) is 3.24. The third kappa shape index (κ3) is 4.29. The number of ketones is 1. The van der Waals surface area contributed by atoms with Gasteiger partial charge in [-0.2, -0.15) is 0 Å². The molecule has 0 aliphatic carbocycles. The van der Waals surface area contributed by atoms with Gasteiger partial charge in [0.15, 0.2) is 5.78 Å². The number of benzene rings is 4. The van der Waals surface area contributed by atoms with Gasteiger partial charge >= 0.3 is 0 Å². The molecule has 142 valence electrons. The van der Waals surface area contributed by atoms with Crippen LogP contribution in [0.5, 0.6) is 5.75 Å². The molecule has 4 rings (SSSR count). The Morgan fingerprint density at radius 1 is 0.793 bits per heavy atom. The van der Waals surface area contributed by atoms with Gasteiger partial charge < -0.3 is 9.84 Å². The van der Waals surface area contributed by atoms with Crippen molar-refractivity contribution in [3.05, 3.63) is 89.5 Å². The Bertz CT molecular complexity index is 1280. The quantitative estimate of drug-likeness (QED) is 0.392. The van der Waals surface area contributed by atoms with E-state index in [4.69, 9.17) is 4.74 Å². The Labute approximate surface area is 169 Å². The van der Waals surface area contributed by atoms with Gasteiger partial charge in [-0.25, -0.2) is 0 Å². The Morgan fingerprint density at radius 2 is 1.34 bits per heavy atom. The third-order valence-electron chi connectivity index (χ3n) is 4.76. The number of hydrogen-bond acceptors (Lipinski definition) is 3. The normalized spacial score (nSPS) is 10.6. The van der Waals surface area contributed by atoms with E-state index >= 15 is 0 Å². The van der Waals surface area contributed by atoms with Crippen LogP contribution in [0.4, 0.5) is 0 Å². The van der Waals surface area contributed by atoms with Crippen molar-refractivity contribution in [3.63, 3.8) is 0 Å². The summed E-state index contributed by atoms with van der Waals surface area (Å²) in [6.45, 7) is 1.50. The van der Waals surface area contributed by atoms with Gasteiger partial charge in [0.05, 0.1) is 6.61 Å². The van der Waals surface area contributed by atoms with Crippen LogP contribution in [0.25, 0.3) is 21.5 Å². The molecular weight excluding hydrogens is 360 g/mol. The van der Waals surface area contributed by atoms with Gasteiger partial charge in [0.1, 0.15) is 5.75 Å². The third-order valence-corrected chi connectivity index (χ3v) is 4.76. The highest BCUT2D eigenvalue weighted by Crippen LogP contribution is 2.22. The van der Waals surface area contributed by atoms with Gasteiger partial charge in [-0.05, 0) is 70.9 Å². The first-order chi connectivity index (χ1) is 14.1. The molecule has 0 saturated carbocycles. The van der Waals surface area contributed by atoms with Gasteiger partial charge in [-0.15, -0.1) is 6.61 Å². The summed E-state index contributed by atoms with van der Waals surface area (Å²) in [5.74, 6) is 7.21. The van der Waals surface area contributed by atoms with Crippen molar-refractivity contribution < 1.29 is 14.6 Å². The van der Waals surface area contributed by atoms with E-state index in [2.05, 4.69) is 11.8 Å². The molecule has 3 heteroatoms. The average Bonchev–Trinajstić information content (AvgIpc) is 2.75. The Morgan fingerprint density at radius 3 is 1.97 bits per heavy atom. The van der Waals surface area contributed by atoms with Gasteiger partial charge in [0.2, 0.25) is 0 Å². The zero-order valence-corrected chi connectivity index (χ0v) is 16.1. The summed E-state index contributed by atoms with van der Waals surface area (Å²) in [5, 5.41) is 14.8. The lowest BCUT2D eigenvalue weighted by Crippen LogP contribution is -2.14. The molecule has 4 aromatic carbocycles. The minimum Gasteiger partial charge on any atom is -0.852 e. The van der Waals surface area contributed by atoms with E-state index in [0.29, 0.717) is 11.3 Å². The maximum Gasteiger partial charge on any atom is 0.159 e. The van der Waals surface area contributed by atoms with E-state index in [-0.39, 0.29) is 19.0 Å². The first-order valence-corrected chi connectivity index (χ1v) is 9.44. The van der Waals surface area contributed by atoms with E-state index in [1.54, 1.807) is 6.92 Å². The topological polar surface area (TPSA) is 49.4 Å². The predicted molar refractivity (Wildman–Crippen MR) is 114 cm³/mol. The number of hydrogen-bond donors (Lipinski definition) is 0. The van der Waals surface area contributed by atoms with Crippen molar-refractivity contribution in [3.8, 4) is 17.6 Å². The molecule has 0 heterocycles. The van der Waals surface area contributed by atoms with E-state index < -0.39 is 0 Å². The van der Waals surface area contributed by atoms with Gasteiger partial charge in [-0.3, -0.25) is 4.79 Å². The molecular formula is C26H19O3-. The van der Waals surface area contributed by atoms with E-state index in [1.807, 2.05) is 72.8 Å². The zero-order chi connectivity index (χ0) is 20.2. The SMILES string of the molecule is CC(=O)c1ccc2cc(C#Cc3ccc4cc(OCC[O-])ccc4c3)ccc2c1. The molecule has 0 spiro atoms. The average molecular weight is 379 g/mol. The molecule has 3 nitrogen and oxygen atoms in total. The number of carbonyl (C=O) groups is 1. The van der Waals surface area contributed by atoms with E-state index in [1.165, 1.54) is 0 Å². The Hall–Kier alpha value is -3.61. The molecule has 0 fully saturated rings. The molecule has 0 aliphatic heterocycles. The lowest BCUT2D eigenvalue weighted by Gasteiger charge is -2.08. The minimum absolute atomic E-state index is 0.0659. The molecule has 0 amide bonds. The highest BCUT2D eigenvalue weighted by molar-refractivity contribution is 5.98. The van der Waals surface area contributed by atoms with Crippen LogP contribution in [0, 0.1) is 11.8 Å². The van der Waals surface area contributed by atoms with Crippen molar-refractivity contribution in [2.75, 3.05) is 13.2 Å². The maximum atomic E-state index is 11.5. The molecule has 0 aromatic heterocycles. The molecule has 0 atom stereocenters. The van der Waals surface area contributed by atoms with Crippen molar-refractivity contribution in [1.82, 2.24) is 0 Å². The van der Waals surface area contributed by atoms with Crippen LogP contribution >= 0.6 is 0 Å². The molecule has 29 heavy (non-hydrogen) atoms. The second-order valence-electron chi connectivity index (χ2n) is 6.86. The Kier molecular flexibility index (Phi) is 5.29. The summed E-state index contributed by atoms with van der Waals surface area (Å²) in [6.07, 6.45) is 0. The van der Waals surface area contributed by atoms with Crippen LogP contribution in [0.1, 0.15) is 28.4 Å². The van der Waals surface area contributed by atoms with Crippen LogP contribution in [0.2, 0.25) is 0 Å². The summed E-state index contributed by atoms with van der Waals surface area (Å²) in [5.41, 5.74) is 2.57. The molecule has 4 aromatic rings. The maximum absolute atomic E-state index is 11.5. The van der Waals surface area contributed by atoms with Crippen LogP contribution in [-0.2, 0) is 0 Å². The molecule has 0 saturated heterocycles. The molecule has 0 bridgehead atoms. The number of Topliss-reactive ketones (excluding diaryl/α,β-unsaturated/α-hetero) is 1. The number of carbonyl (C=O) groups excluding carboxylic acids is 1. The monoisotopic (exact) mass is 379 g/mol. The summed E-state index contributed by atoms with van der Waals surface area (Å²) < 4.78 is 5.40. The number of ether oxygens (including phenoxy) is 1. The van der Waals surface area contributed by atoms with Gasteiger partial charge in [0.25, 0.3) is 0 Å². The molecule has 0 unspecified atom stereocenters. The van der Waals surface area contributed by atoms with Gasteiger partial charge in [-0.1, -0.05) is 42.2 Å². The first kappa shape index (κ1) is 18.7. The van der Waals surface area contributed by atoms with Crippen molar-refractivity contribution in [2.45, 2.75) is 6.92 Å². The minimum atomic E-state index is -0.251. The summed E-state index contributed by atoms with van der Waals surface area (Å²) in [7, 11) is 0. The number of fused-ring (bicyclic) bond motifs is 2. The second kappa shape index (κ2) is 8.18. The molecule has 0 aliphatic rings. The van der Waals surface area contributed by atoms with Crippen LogP contribution in [0.3, 0.4) is 0 Å². The number of rotatable bonds is 4. The molecule has 0 N–H and O–H groups in total. The Balaban J connectivity index is 1.60. The predicted octanol–water partition coefficient (Wildman–Crippen LogP) is 4.33. The van der Waals surface area contributed by atoms with Crippen LogP contribution in [0.15, 0.2) is 72.8 Å². The first-order valence-electron chi connectivity index (χ1n) is 9.44. The lowest BCUT2D eigenvalue weighted by atomic mass is 10.0. The standard InChI is InChI=1S/C26H19O3/c1-18(28)21-8-9-22-14-19(4-6-24(22)16-21)2-3-20-5-7-25-17-26(29-13-12-27)11-10-23(25)15-20/h4-11,14-17H,12-13H2,1H3/q-1. The van der Waals surface area contributed by atoms with E-state index in [0.717, 1.165) is 32.7 Å². The fraction of sp³-hybridized carbons (Fsp3) is 0.115. The second-order valence-corrected chi connectivity index (χ2v) is 6.86. The highest BCUT2D eigenvalue weighted by atomic mass is 16.5. The summed E-state index contributed by atoms with van der Waals surface area (Å²) in [6, 6.07) is 23.5. The molecule has 0 radical (unpaired) electrons. The highest BCUT2D eigenvalue weighted by Gasteiger charge is 2.02. The van der Waals surface area contributed by atoms with Gasteiger partial charge in [0, 0.05) is 16.7 Å². The summed E-state index contributed by atoms with van der Waals surface area (Å²) in [4.78, 5) is 11.5. The van der Waals surface area contributed by atoms with Crippen molar-refractivity contribution in [1.29, 1.82) is 0 Å².